The second-order valence-electron chi connectivity index (χ2n) is 4.73. The number of β-amino-alcohol motifs (C(OH)–C–C–N with tert-alkyl or cyclic N) is 1. The minimum absolute atomic E-state index is 0.0471. The van der Waals surface area contributed by atoms with Gasteiger partial charge in [-0.2, -0.15) is 0 Å². The van der Waals surface area contributed by atoms with Gasteiger partial charge in [0.05, 0.1) is 12.1 Å². The molecular weight excluding hydrogens is 192 g/mol. The van der Waals surface area contributed by atoms with E-state index in [4.69, 9.17) is 0 Å². The van der Waals surface area contributed by atoms with Gasteiger partial charge in [0.1, 0.15) is 0 Å². The molecule has 1 aliphatic carbocycles. The molecule has 2 aliphatic rings. The van der Waals surface area contributed by atoms with Crippen LogP contribution in [-0.2, 0) is 4.79 Å². The molecule has 0 radical (unpaired) electrons. The van der Waals surface area contributed by atoms with Crippen LogP contribution in [0.3, 0.4) is 0 Å². The summed E-state index contributed by atoms with van der Waals surface area (Å²) < 4.78 is 0. The van der Waals surface area contributed by atoms with Crippen molar-refractivity contribution in [1.82, 2.24) is 10.6 Å². The number of aliphatic hydroxyl groups is 1. The minimum Gasteiger partial charge on any atom is -0.392 e. The number of nitrogens with one attached hydrogen (secondary N) is 2. The fraction of sp³-hybridized carbons (Fsp3) is 0.909. The molecule has 2 rings (SSSR count). The Morgan fingerprint density at radius 2 is 2.27 bits per heavy atom. The topological polar surface area (TPSA) is 61.4 Å². The molecule has 0 aromatic carbocycles. The van der Waals surface area contributed by atoms with Crippen molar-refractivity contribution in [3.05, 3.63) is 0 Å². The molecule has 0 bridgehead atoms. The monoisotopic (exact) mass is 212 g/mol. The Morgan fingerprint density at radius 3 is 2.80 bits per heavy atom. The van der Waals surface area contributed by atoms with Crippen molar-refractivity contribution >= 4 is 5.91 Å². The molecule has 1 heterocycles. The lowest BCUT2D eigenvalue weighted by Crippen LogP contribution is -2.41. The highest BCUT2D eigenvalue weighted by Gasteiger charge is 2.27. The molecule has 4 heteroatoms. The van der Waals surface area contributed by atoms with Crippen LogP contribution in [0.5, 0.6) is 0 Å². The number of carbonyl (C=O) groups excluding carboxylic acids is 1. The molecule has 0 spiro atoms. The van der Waals surface area contributed by atoms with E-state index in [0.717, 1.165) is 18.9 Å². The Morgan fingerprint density at radius 1 is 1.47 bits per heavy atom. The summed E-state index contributed by atoms with van der Waals surface area (Å²) >= 11 is 0. The summed E-state index contributed by atoms with van der Waals surface area (Å²) in [6.07, 6.45) is 5.32. The molecule has 86 valence electrons. The molecule has 2 atom stereocenters. The van der Waals surface area contributed by atoms with Crippen LogP contribution in [0.1, 0.15) is 32.1 Å². The predicted octanol–water partition coefficient (Wildman–Crippen LogP) is 0.0156. The Bertz CT molecular complexity index is 229. The van der Waals surface area contributed by atoms with Gasteiger partial charge in [0.2, 0.25) is 5.91 Å². The maximum Gasteiger partial charge on any atom is 0.237 e. The first-order chi connectivity index (χ1) is 7.25. The van der Waals surface area contributed by atoms with Gasteiger partial charge in [0.25, 0.3) is 0 Å². The number of aliphatic hydroxyl groups excluding tert-OH is 1. The van der Waals surface area contributed by atoms with Crippen LogP contribution in [0.2, 0.25) is 0 Å². The molecule has 1 saturated heterocycles. The van der Waals surface area contributed by atoms with E-state index >= 15 is 0 Å². The van der Waals surface area contributed by atoms with Crippen LogP contribution in [0, 0.1) is 5.92 Å². The van der Waals surface area contributed by atoms with Crippen LogP contribution < -0.4 is 10.6 Å². The van der Waals surface area contributed by atoms with Gasteiger partial charge < -0.3 is 15.7 Å². The molecule has 15 heavy (non-hydrogen) atoms. The van der Waals surface area contributed by atoms with Gasteiger partial charge in [-0.25, -0.2) is 0 Å². The maximum atomic E-state index is 11.6. The number of hydrogen-bond acceptors (Lipinski definition) is 3. The van der Waals surface area contributed by atoms with E-state index in [2.05, 4.69) is 10.6 Å². The van der Waals surface area contributed by atoms with E-state index in [1.165, 1.54) is 19.3 Å². The van der Waals surface area contributed by atoms with Crippen molar-refractivity contribution in [2.75, 3.05) is 13.1 Å². The molecule has 2 fully saturated rings. The summed E-state index contributed by atoms with van der Waals surface area (Å²) in [5.41, 5.74) is 0. The van der Waals surface area contributed by atoms with E-state index in [-0.39, 0.29) is 18.1 Å². The fourth-order valence-corrected chi connectivity index (χ4v) is 2.22. The average Bonchev–Trinajstić information content (AvgIpc) is 2.56. The average molecular weight is 212 g/mol. The lowest BCUT2D eigenvalue weighted by molar-refractivity contribution is -0.123. The van der Waals surface area contributed by atoms with Gasteiger partial charge in [-0.15, -0.1) is 0 Å². The van der Waals surface area contributed by atoms with Crippen LogP contribution in [0.4, 0.5) is 0 Å². The summed E-state index contributed by atoms with van der Waals surface area (Å²) in [6, 6.07) is -0.179. The quantitative estimate of drug-likeness (QED) is 0.615. The molecule has 1 aliphatic heterocycles. The molecule has 2 unspecified atom stereocenters. The Kier molecular flexibility index (Phi) is 3.59. The van der Waals surface area contributed by atoms with Crippen molar-refractivity contribution in [2.45, 2.75) is 44.2 Å². The van der Waals surface area contributed by atoms with E-state index < -0.39 is 0 Å². The van der Waals surface area contributed by atoms with Crippen LogP contribution >= 0.6 is 0 Å². The van der Waals surface area contributed by atoms with E-state index in [1.54, 1.807) is 0 Å². The fourth-order valence-electron chi connectivity index (χ4n) is 2.22. The Labute approximate surface area is 90.4 Å². The molecule has 3 N–H and O–H groups in total. The minimum atomic E-state index is -0.354. The smallest absolute Gasteiger partial charge is 0.237 e. The maximum absolute atomic E-state index is 11.6. The molecule has 1 saturated carbocycles. The van der Waals surface area contributed by atoms with Gasteiger partial charge in [0, 0.05) is 13.1 Å². The first kappa shape index (κ1) is 10.9. The standard InChI is InChI=1S/C11H20N2O2/c14-9-6-10(13-7-9)11(15)12-5-4-8-2-1-3-8/h8-10,13-14H,1-7H2,(H,12,15). The summed E-state index contributed by atoms with van der Waals surface area (Å²) in [7, 11) is 0. The highest BCUT2D eigenvalue weighted by atomic mass is 16.3. The zero-order valence-corrected chi connectivity index (χ0v) is 9.04. The lowest BCUT2D eigenvalue weighted by Gasteiger charge is -2.25. The number of amides is 1. The van der Waals surface area contributed by atoms with Crippen LogP contribution in [0.25, 0.3) is 0 Å². The van der Waals surface area contributed by atoms with Gasteiger partial charge in [-0.3, -0.25) is 4.79 Å². The van der Waals surface area contributed by atoms with E-state index in [0.29, 0.717) is 13.0 Å². The van der Waals surface area contributed by atoms with E-state index in [1.807, 2.05) is 0 Å². The highest BCUT2D eigenvalue weighted by molar-refractivity contribution is 5.82. The van der Waals surface area contributed by atoms with E-state index in [9.17, 15) is 9.90 Å². The molecule has 1 amide bonds. The SMILES string of the molecule is O=C(NCCC1CCC1)C1CC(O)CN1. The van der Waals surface area contributed by atoms with Crippen molar-refractivity contribution in [1.29, 1.82) is 0 Å². The highest BCUT2D eigenvalue weighted by Crippen LogP contribution is 2.28. The number of rotatable bonds is 4. The molecular formula is C11H20N2O2. The summed E-state index contributed by atoms with van der Waals surface area (Å²) in [6.45, 7) is 1.33. The zero-order valence-electron chi connectivity index (χ0n) is 9.04. The van der Waals surface area contributed by atoms with Gasteiger partial charge in [0.15, 0.2) is 0 Å². The van der Waals surface area contributed by atoms with Gasteiger partial charge in [-0.1, -0.05) is 19.3 Å². The van der Waals surface area contributed by atoms with Crippen LogP contribution in [0.15, 0.2) is 0 Å². The lowest BCUT2D eigenvalue weighted by atomic mass is 9.83. The van der Waals surface area contributed by atoms with Crippen molar-refractivity contribution < 1.29 is 9.90 Å². The van der Waals surface area contributed by atoms with Crippen molar-refractivity contribution in [2.24, 2.45) is 5.92 Å². The van der Waals surface area contributed by atoms with Gasteiger partial charge in [-0.05, 0) is 18.8 Å². The third kappa shape index (κ3) is 2.92. The summed E-state index contributed by atoms with van der Waals surface area (Å²) in [4.78, 5) is 11.6. The van der Waals surface area contributed by atoms with Crippen LogP contribution in [-0.4, -0.2) is 36.2 Å². The largest absolute Gasteiger partial charge is 0.392 e. The Balaban J connectivity index is 1.59. The third-order valence-corrected chi connectivity index (χ3v) is 3.50. The zero-order chi connectivity index (χ0) is 10.7. The predicted molar refractivity (Wildman–Crippen MR) is 57.4 cm³/mol. The second kappa shape index (κ2) is 4.94. The van der Waals surface area contributed by atoms with Gasteiger partial charge >= 0.3 is 0 Å². The molecule has 4 nitrogen and oxygen atoms in total. The summed E-state index contributed by atoms with van der Waals surface area (Å²) in [5, 5.41) is 15.2. The number of carbonyl (C=O) groups is 1. The first-order valence-corrected chi connectivity index (χ1v) is 5.95. The number of hydrogen-bond donors (Lipinski definition) is 3. The third-order valence-electron chi connectivity index (χ3n) is 3.50. The second-order valence-corrected chi connectivity index (χ2v) is 4.73. The van der Waals surface area contributed by atoms with Crippen molar-refractivity contribution in [3.8, 4) is 0 Å². The molecule has 0 aromatic heterocycles. The summed E-state index contributed by atoms with van der Waals surface area (Å²) in [5.74, 6) is 0.887. The van der Waals surface area contributed by atoms with Crippen molar-refractivity contribution in [3.63, 3.8) is 0 Å². The normalized spacial score (nSPS) is 31.3. The first-order valence-electron chi connectivity index (χ1n) is 5.95. The Hall–Kier alpha value is -0.610. The molecule has 0 aromatic rings.